The third-order valence-electron chi connectivity index (χ3n) is 5.44. The fourth-order valence-corrected chi connectivity index (χ4v) is 5.06. The minimum Gasteiger partial charge on any atom is -0.466 e. The van der Waals surface area contributed by atoms with Gasteiger partial charge in [0, 0.05) is 4.88 Å². The number of anilines is 2. The molecule has 158 valence electrons. The molecule has 0 saturated heterocycles. The van der Waals surface area contributed by atoms with Gasteiger partial charge in [0.05, 0.1) is 17.9 Å². The molecule has 1 aromatic carbocycles. The highest BCUT2D eigenvalue weighted by Crippen LogP contribution is 2.40. The summed E-state index contributed by atoms with van der Waals surface area (Å²) >= 11 is 1.38. The molecule has 2 N–H and O–H groups in total. The van der Waals surface area contributed by atoms with Gasteiger partial charge in [0.25, 0.3) is 17.4 Å². The summed E-state index contributed by atoms with van der Waals surface area (Å²) in [5.74, 6) is -1.21. The van der Waals surface area contributed by atoms with Gasteiger partial charge in [0.2, 0.25) is 0 Å². The van der Waals surface area contributed by atoms with Crippen LogP contribution in [0.25, 0.3) is 0 Å². The van der Waals surface area contributed by atoms with E-state index in [0.29, 0.717) is 22.0 Å². The van der Waals surface area contributed by atoms with E-state index < -0.39 is 23.4 Å². The SMILES string of the molecule is CCOC(=O)c1c(NC(=O)C2(C)Oc3ccc(C)cc3NC2=O)sc2c1CCCC2. The topological polar surface area (TPSA) is 93.7 Å². The van der Waals surface area contributed by atoms with E-state index >= 15 is 0 Å². The summed E-state index contributed by atoms with van der Waals surface area (Å²) in [6.07, 6.45) is 3.67. The first-order valence-corrected chi connectivity index (χ1v) is 10.9. The Morgan fingerprint density at radius 3 is 2.83 bits per heavy atom. The van der Waals surface area contributed by atoms with Crippen molar-refractivity contribution in [2.45, 2.75) is 52.1 Å². The lowest BCUT2D eigenvalue weighted by atomic mass is 9.95. The predicted octanol–water partition coefficient (Wildman–Crippen LogP) is 3.84. The fraction of sp³-hybridized carbons (Fsp3) is 0.409. The number of nitrogens with one attached hydrogen (secondary N) is 2. The highest BCUT2D eigenvalue weighted by Gasteiger charge is 2.48. The van der Waals surface area contributed by atoms with Crippen LogP contribution in [-0.2, 0) is 27.2 Å². The van der Waals surface area contributed by atoms with Crippen molar-refractivity contribution in [1.82, 2.24) is 0 Å². The van der Waals surface area contributed by atoms with Crippen molar-refractivity contribution in [3.05, 3.63) is 39.8 Å². The molecule has 1 aliphatic carbocycles. The molecule has 7 nitrogen and oxygen atoms in total. The van der Waals surface area contributed by atoms with Crippen molar-refractivity contribution in [2.75, 3.05) is 17.2 Å². The lowest BCUT2D eigenvalue weighted by molar-refractivity contribution is -0.143. The van der Waals surface area contributed by atoms with Crippen LogP contribution < -0.4 is 15.4 Å². The fourth-order valence-electron chi connectivity index (χ4n) is 3.78. The second-order valence-electron chi connectivity index (χ2n) is 7.68. The van der Waals surface area contributed by atoms with Crippen molar-refractivity contribution in [2.24, 2.45) is 0 Å². The minimum atomic E-state index is -1.77. The molecule has 0 bridgehead atoms. The van der Waals surface area contributed by atoms with E-state index in [1.165, 1.54) is 18.3 Å². The van der Waals surface area contributed by atoms with Gasteiger partial charge >= 0.3 is 5.97 Å². The Bertz CT molecular complexity index is 1040. The van der Waals surface area contributed by atoms with Gasteiger partial charge < -0.3 is 20.1 Å². The lowest BCUT2D eigenvalue weighted by Gasteiger charge is -2.33. The molecule has 0 fully saturated rings. The van der Waals surface area contributed by atoms with Crippen molar-refractivity contribution in [1.29, 1.82) is 0 Å². The van der Waals surface area contributed by atoms with Crippen molar-refractivity contribution in [3.8, 4) is 5.75 Å². The van der Waals surface area contributed by atoms with Gasteiger partial charge in [-0.2, -0.15) is 0 Å². The largest absolute Gasteiger partial charge is 0.466 e. The summed E-state index contributed by atoms with van der Waals surface area (Å²) in [4.78, 5) is 39.6. The summed E-state index contributed by atoms with van der Waals surface area (Å²) < 4.78 is 11.1. The first-order chi connectivity index (χ1) is 14.3. The first-order valence-electron chi connectivity index (χ1n) is 10.1. The Labute approximate surface area is 178 Å². The van der Waals surface area contributed by atoms with Crippen LogP contribution in [0.5, 0.6) is 5.75 Å². The molecule has 8 heteroatoms. The lowest BCUT2D eigenvalue weighted by Crippen LogP contribution is -2.56. The molecule has 0 spiro atoms. The Morgan fingerprint density at radius 1 is 1.30 bits per heavy atom. The van der Waals surface area contributed by atoms with Gasteiger partial charge in [0.1, 0.15) is 10.8 Å². The van der Waals surface area contributed by atoms with Gasteiger partial charge in [-0.05, 0) is 69.7 Å². The quantitative estimate of drug-likeness (QED) is 0.570. The third kappa shape index (κ3) is 3.45. The van der Waals surface area contributed by atoms with Crippen LogP contribution in [0.1, 0.15) is 53.1 Å². The summed E-state index contributed by atoms with van der Waals surface area (Å²) in [6.45, 7) is 5.33. The standard InChI is InChI=1S/C22H24N2O5S/c1-4-28-19(25)17-13-7-5-6-8-16(13)30-18(17)24-21(27)22(3)20(26)23-14-11-12(2)9-10-15(14)29-22/h9-11H,4-8H2,1-3H3,(H,23,26)(H,24,27). The number of ether oxygens (including phenoxy) is 2. The van der Waals surface area contributed by atoms with Crippen LogP contribution in [0.3, 0.4) is 0 Å². The van der Waals surface area contributed by atoms with Crippen LogP contribution >= 0.6 is 11.3 Å². The predicted molar refractivity (Wildman–Crippen MR) is 114 cm³/mol. The Morgan fingerprint density at radius 2 is 2.07 bits per heavy atom. The number of esters is 1. The number of benzene rings is 1. The van der Waals surface area contributed by atoms with Gasteiger partial charge in [-0.1, -0.05) is 6.07 Å². The number of thiophene rings is 1. The monoisotopic (exact) mass is 428 g/mol. The van der Waals surface area contributed by atoms with E-state index in [1.807, 2.05) is 13.0 Å². The van der Waals surface area contributed by atoms with Crippen LogP contribution in [0.2, 0.25) is 0 Å². The smallest absolute Gasteiger partial charge is 0.341 e. The van der Waals surface area contributed by atoms with E-state index in [-0.39, 0.29) is 6.61 Å². The number of fused-ring (bicyclic) bond motifs is 2. The highest BCUT2D eigenvalue weighted by molar-refractivity contribution is 7.17. The van der Waals surface area contributed by atoms with Crippen LogP contribution in [0, 0.1) is 6.92 Å². The molecule has 2 aromatic rings. The zero-order valence-corrected chi connectivity index (χ0v) is 18.0. The number of hydrogen-bond acceptors (Lipinski definition) is 6. The number of hydrogen-bond donors (Lipinski definition) is 2. The van der Waals surface area contributed by atoms with E-state index in [1.54, 1.807) is 19.1 Å². The average Bonchev–Trinajstić information content (AvgIpc) is 3.07. The zero-order valence-electron chi connectivity index (χ0n) is 17.2. The van der Waals surface area contributed by atoms with E-state index in [2.05, 4.69) is 10.6 Å². The first kappa shape index (κ1) is 20.4. The number of carbonyl (C=O) groups excluding carboxylic acids is 3. The number of rotatable bonds is 4. The van der Waals surface area contributed by atoms with E-state index in [9.17, 15) is 14.4 Å². The molecule has 1 atom stereocenters. The van der Waals surface area contributed by atoms with Gasteiger partial charge in [-0.3, -0.25) is 9.59 Å². The number of amides is 2. The Balaban J connectivity index is 1.65. The van der Waals surface area contributed by atoms with Crippen molar-refractivity contribution < 1.29 is 23.9 Å². The molecule has 0 radical (unpaired) electrons. The molecule has 4 rings (SSSR count). The maximum absolute atomic E-state index is 13.2. The third-order valence-corrected chi connectivity index (χ3v) is 6.65. The van der Waals surface area contributed by atoms with Gasteiger partial charge in [-0.15, -0.1) is 11.3 Å². The highest BCUT2D eigenvalue weighted by atomic mass is 32.1. The van der Waals surface area contributed by atoms with Crippen molar-refractivity contribution >= 4 is 39.8 Å². The molecule has 0 saturated carbocycles. The average molecular weight is 429 g/mol. The molecule has 2 heterocycles. The molecular weight excluding hydrogens is 404 g/mol. The van der Waals surface area contributed by atoms with Crippen LogP contribution in [-0.4, -0.2) is 30.0 Å². The molecule has 1 aliphatic heterocycles. The summed E-state index contributed by atoms with van der Waals surface area (Å²) in [6, 6.07) is 5.36. The van der Waals surface area contributed by atoms with Crippen molar-refractivity contribution in [3.63, 3.8) is 0 Å². The Hall–Kier alpha value is -2.87. The Kier molecular flexibility index (Phi) is 5.27. The molecular formula is C22H24N2O5S. The molecule has 30 heavy (non-hydrogen) atoms. The summed E-state index contributed by atoms with van der Waals surface area (Å²) in [5.41, 5.74) is 1.08. The summed E-state index contributed by atoms with van der Waals surface area (Å²) in [5, 5.41) is 5.95. The van der Waals surface area contributed by atoms with Gasteiger partial charge in [0.15, 0.2) is 0 Å². The maximum atomic E-state index is 13.2. The van der Waals surface area contributed by atoms with Gasteiger partial charge in [-0.25, -0.2) is 4.79 Å². The normalized spacial score (nSPS) is 19.8. The van der Waals surface area contributed by atoms with Crippen LogP contribution in [0.15, 0.2) is 18.2 Å². The second kappa shape index (κ2) is 7.75. The second-order valence-corrected chi connectivity index (χ2v) is 8.78. The van der Waals surface area contributed by atoms with E-state index in [4.69, 9.17) is 9.47 Å². The molecule has 2 amide bonds. The number of carbonyl (C=O) groups is 3. The maximum Gasteiger partial charge on any atom is 0.341 e. The summed E-state index contributed by atoms with van der Waals surface area (Å²) in [7, 11) is 0. The molecule has 1 aromatic heterocycles. The zero-order chi connectivity index (χ0) is 21.5. The number of aryl methyl sites for hydroxylation is 2. The van der Waals surface area contributed by atoms with E-state index in [0.717, 1.165) is 41.7 Å². The molecule has 1 unspecified atom stereocenters. The van der Waals surface area contributed by atoms with Crippen LogP contribution in [0.4, 0.5) is 10.7 Å². The minimum absolute atomic E-state index is 0.246. The molecule has 2 aliphatic rings.